The fraction of sp³-hybridized carbons (Fsp3) is 0.182. The first kappa shape index (κ1) is 21.9. The van der Waals surface area contributed by atoms with Gasteiger partial charge in [0.25, 0.3) is 10.0 Å². The third-order valence-corrected chi connectivity index (χ3v) is 6.83. The van der Waals surface area contributed by atoms with E-state index in [2.05, 4.69) is 0 Å². The van der Waals surface area contributed by atoms with Crippen molar-refractivity contribution in [1.82, 2.24) is 0 Å². The van der Waals surface area contributed by atoms with E-state index in [-0.39, 0.29) is 4.90 Å². The lowest BCUT2D eigenvalue weighted by molar-refractivity contribution is 0.355. The molecule has 0 amide bonds. The Hall–Kier alpha value is -2.77. The third-order valence-electron chi connectivity index (χ3n) is 4.68. The summed E-state index contributed by atoms with van der Waals surface area (Å²) in [6.07, 6.45) is 0. The first-order valence-corrected chi connectivity index (χ1v) is 10.9. The molecule has 0 aliphatic carbocycles. The number of nitrogens with zero attached hydrogens (tertiary/aromatic N) is 1. The van der Waals surface area contributed by atoms with Crippen LogP contribution in [0.15, 0.2) is 71.6 Å². The van der Waals surface area contributed by atoms with E-state index in [0.29, 0.717) is 27.8 Å². The summed E-state index contributed by atoms with van der Waals surface area (Å²) in [5.41, 5.74) is 1.06. The van der Waals surface area contributed by atoms with Crippen LogP contribution in [0.25, 0.3) is 0 Å². The van der Waals surface area contributed by atoms with Crippen molar-refractivity contribution in [2.24, 2.45) is 0 Å². The van der Waals surface area contributed by atoms with Gasteiger partial charge in [0, 0.05) is 11.1 Å². The average Bonchev–Trinajstić information content (AvgIpc) is 2.74. The summed E-state index contributed by atoms with van der Waals surface area (Å²) in [6, 6.07) is 16.0. The number of rotatable bonds is 7. The summed E-state index contributed by atoms with van der Waals surface area (Å²) in [7, 11) is -1.15. The molecule has 0 aliphatic rings. The van der Waals surface area contributed by atoms with E-state index in [0.717, 1.165) is 6.07 Å². The maximum atomic E-state index is 13.8. The first-order valence-electron chi connectivity index (χ1n) is 9.05. The Balaban J connectivity index is 2.19. The van der Waals surface area contributed by atoms with E-state index in [1.807, 2.05) is 0 Å². The molecule has 30 heavy (non-hydrogen) atoms. The second-order valence-corrected chi connectivity index (χ2v) is 8.78. The van der Waals surface area contributed by atoms with Gasteiger partial charge in [-0.3, -0.25) is 4.31 Å². The lowest BCUT2D eigenvalue weighted by atomic mass is 10.1. The number of hydrogen-bond acceptors (Lipinski definition) is 4. The lowest BCUT2D eigenvalue weighted by Gasteiger charge is -2.31. The van der Waals surface area contributed by atoms with Gasteiger partial charge in [-0.2, -0.15) is 0 Å². The Kier molecular flexibility index (Phi) is 6.53. The number of methoxy groups -OCH3 is 2. The molecule has 0 spiro atoms. The molecule has 0 bridgehead atoms. The molecule has 158 valence electrons. The third kappa shape index (κ3) is 4.37. The average molecular weight is 450 g/mol. The maximum absolute atomic E-state index is 13.8. The van der Waals surface area contributed by atoms with Crippen LogP contribution in [0.5, 0.6) is 11.5 Å². The van der Waals surface area contributed by atoms with Gasteiger partial charge in [0.2, 0.25) is 0 Å². The number of benzene rings is 3. The second-order valence-electron chi connectivity index (χ2n) is 6.53. The molecule has 0 saturated carbocycles. The van der Waals surface area contributed by atoms with Gasteiger partial charge in [-0.25, -0.2) is 12.8 Å². The van der Waals surface area contributed by atoms with Crippen molar-refractivity contribution in [3.8, 4) is 11.5 Å². The van der Waals surface area contributed by atoms with Crippen LogP contribution in [-0.2, 0) is 10.0 Å². The zero-order valence-corrected chi connectivity index (χ0v) is 18.2. The number of sulfonamides is 1. The van der Waals surface area contributed by atoms with Crippen LogP contribution in [-0.4, -0.2) is 22.6 Å². The normalized spacial score (nSPS) is 12.3. The highest BCUT2D eigenvalue weighted by Gasteiger charge is 2.31. The minimum absolute atomic E-state index is 0.155. The van der Waals surface area contributed by atoms with Crippen LogP contribution in [0, 0.1) is 5.82 Å². The van der Waals surface area contributed by atoms with Crippen LogP contribution < -0.4 is 13.8 Å². The molecule has 0 aliphatic heterocycles. The number of halogens is 2. The molecule has 5 nitrogen and oxygen atoms in total. The molecule has 8 heteroatoms. The fourth-order valence-corrected chi connectivity index (χ4v) is 4.94. The summed E-state index contributed by atoms with van der Waals surface area (Å²) in [6.45, 7) is 1.75. The molecule has 3 aromatic carbocycles. The van der Waals surface area contributed by atoms with Crippen LogP contribution in [0.4, 0.5) is 10.1 Å². The summed E-state index contributed by atoms with van der Waals surface area (Å²) >= 11 is 5.99. The number of ether oxygens (including phenoxy) is 2. The monoisotopic (exact) mass is 449 g/mol. The lowest BCUT2D eigenvalue weighted by Crippen LogP contribution is -2.33. The van der Waals surface area contributed by atoms with Crippen molar-refractivity contribution in [1.29, 1.82) is 0 Å². The molecule has 0 N–H and O–H groups in total. The Bertz CT molecular complexity index is 1140. The molecule has 0 saturated heterocycles. The van der Waals surface area contributed by atoms with Gasteiger partial charge in [-0.1, -0.05) is 29.8 Å². The van der Waals surface area contributed by atoms with E-state index in [9.17, 15) is 12.8 Å². The van der Waals surface area contributed by atoms with Gasteiger partial charge in [0.15, 0.2) is 11.5 Å². The summed E-state index contributed by atoms with van der Waals surface area (Å²) in [5.74, 6) is 0.198. The zero-order chi connectivity index (χ0) is 21.9. The minimum Gasteiger partial charge on any atom is -0.493 e. The van der Waals surface area contributed by atoms with E-state index in [4.69, 9.17) is 21.1 Å². The summed E-state index contributed by atoms with van der Waals surface area (Å²) in [4.78, 5) is -0.155. The minimum atomic E-state index is -4.11. The van der Waals surface area contributed by atoms with Crippen molar-refractivity contribution in [3.05, 3.63) is 83.1 Å². The van der Waals surface area contributed by atoms with Crippen molar-refractivity contribution in [3.63, 3.8) is 0 Å². The van der Waals surface area contributed by atoms with Crippen LogP contribution in [0.2, 0.25) is 5.02 Å². The Morgan fingerprint density at radius 3 is 2.20 bits per heavy atom. The standard InChI is InChI=1S/C22H21ClFNO4S/c1-15(16-7-9-17(23)10-8-16)25(19-11-12-21(28-2)22(14-19)29-3)30(26,27)20-6-4-5-18(24)13-20/h4-15H,1-3H3/t15-/m1/s1. The highest BCUT2D eigenvalue weighted by molar-refractivity contribution is 7.92. The van der Waals surface area contributed by atoms with Crippen molar-refractivity contribution in [2.75, 3.05) is 18.5 Å². The molecular weight excluding hydrogens is 429 g/mol. The predicted molar refractivity (Wildman–Crippen MR) is 115 cm³/mol. The van der Waals surface area contributed by atoms with Gasteiger partial charge < -0.3 is 9.47 Å². The summed E-state index contributed by atoms with van der Waals surface area (Å²) < 4.78 is 52.8. The largest absolute Gasteiger partial charge is 0.493 e. The molecule has 0 aromatic heterocycles. The Morgan fingerprint density at radius 1 is 0.933 bits per heavy atom. The smallest absolute Gasteiger partial charge is 0.264 e. The van der Waals surface area contributed by atoms with Crippen LogP contribution in [0.1, 0.15) is 18.5 Å². The maximum Gasteiger partial charge on any atom is 0.264 e. The van der Waals surface area contributed by atoms with Gasteiger partial charge in [0.05, 0.1) is 30.8 Å². The van der Waals surface area contributed by atoms with Gasteiger partial charge in [-0.05, 0) is 55.0 Å². The second kappa shape index (κ2) is 8.93. The van der Waals surface area contributed by atoms with E-state index < -0.39 is 21.9 Å². The molecule has 3 rings (SSSR count). The molecule has 0 fully saturated rings. The van der Waals surface area contributed by atoms with E-state index >= 15 is 0 Å². The topological polar surface area (TPSA) is 55.8 Å². The van der Waals surface area contributed by atoms with Gasteiger partial charge in [-0.15, -0.1) is 0 Å². The number of hydrogen-bond donors (Lipinski definition) is 0. The molecule has 0 unspecified atom stereocenters. The van der Waals surface area contributed by atoms with Crippen LogP contribution >= 0.6 is 11.6 Å². The predicted octanol–water partition coefficient (Wildman–Crippen LogP) is 5.45. The fourth-order valence-electron chi connectivity index (χ4n) is 3.15. The van der Waals surface area contributed by atoms with Crippen molar-refractivity contribution < 1.29 is 22.3 Å². The van der Waals surface area contributed by atoms with Crippen molar-refractivity contribution >= 4 is 27.3 Å². The first-order chi connectivity index (χ1) is 14.3. The zero-order valence-electron chi connectivity index (χ0n) is 16.7. The van der Waals surface area contributed by atoms with Gasteiger partial charge >= 0.3 is 0 Å². The van der Waals surface area contributed by atoms with Crippen LogP contribution in [0.3, 0.4) is 0 Å². The molecule has 1 atom stereocenters. The Labute approximate surface area is 180 Å². The number of anilines is 1. The highest BCUT2D eigenvalue weighted by atomic mass is 35.5. The van der Waals surface area contributed by atoms with Gasteiger partial charge in [0.1, 0.15) is 5.82 Å². The molecule has 0 radical (unpaired) electrons. The molecule has 3 aromatic rings. The molecule has 0 heterocycles. The van der Waals surface area contributed by atoms with E-state index in [1.54, 1.807) is 49.4 Å². The van der Waals surface area contributed by atoms with Crippen molar-refractivity contribution in [2.45, 2.75) is 17.9 Å². The Morgan fingerprint density at radius 2 is 1.60 bits per heavy atom. The van der Waals surface area contributed by atoms with E-state index in [1.165, 1.54) is 36.7 Å². The molecular formula is C22H21ClFNO4S. The summed E-state index contributed by atoms with van der Waals surface area (Å²) in [5, 5.41) is 0.539. The highest BCUT2D eigenvalue weighted by Crippen LogP contribution is 2.38. The SMILES string of the molecule is COc1ccc(N([C@H](C)c2ccc(Cl)cc2)S(=O)(=O)c2cccc(F)c2)cc1OC. The quantitative estimate of drug-likeness (QED) is 0.481.